The summed E-state index contributed by atoms with van der Waals surface area (Å²) >= 11 is 1.07. The van der Waals surface area contributed by atoms with E-state index in [1.54, 1.807) is 18.2 Å². The molecule has 0 aliphatic heterocycles. The SMILES string of the molecule is O=C1CCCC(OC(=O)c2ccccc2-c2ccc(C(F)(F)F)cc2)=C1Sc1ccc([N+](=O)[O-])cc1. The van der Waals surface area contributed by atoms with Gasteiger partial charge in [-0.05, 0) is 47.9 Å². The van der Waals surface area contributed by atoms with Gasteiger partial charge in [0.1, 0.15) is 5.76 Å². The maximum atomic E-state index is 13.1. The third-order valence-electron chi connectivity index (χ3n) is 5.47. The smallest absolute Gasteiger partial charge is 0.416 e. The van der Waals surface area contributed by atoms with Crippen molar-refractivity contribution < 1.29 is 32.4 Å². The minimum Gasteiger partial charge on any atom is -0.426 e. The monoisotopic (exact) mass is 513 g/mol. The van der Waals surface area contributed by atoms with Crippen molar-refractivity contribution in [3.63, 3.8) is 0 Å². The molecule has 184 valence electrons. The first-order chi connectivity index (χ1) is 17.1. The zero-order valence-electron chi connectivity index (χ0n) is 18.6. The molecule has 10 heteroatoms. The summed E-state index contributed by atoms with van der Waals surface area (Å²) in [6, 6.07) is 16.5. The first kappa shape index (κ1) is 25.2. The lowest BCUT2D eigenvalue weighted by Crippen LogP contribution is -2.15. The van der Waals surface area contributed by atoms with Gasteiger partial charge in [-0.2, -0.15) is 13.2 Å². The molecule has 0 fully saturated rings. The van der Waals surface area contributed by atoms with E-state index in [4.69, 9.17) is 4.74 Å². The third kappa shape index (κ3) is 5.65. The molecule has 0 heterocycles. The average molecular weight is 513 g/mol. The summed E-state index contributed by atoms with van der Waals surface area (Å²) in [5.41, 5.74) is 0.0515. The predicted octanol–water partition coefficient (Wildman–Crippen LogP) is 7.19. The number of benzene rings is 3. The van der Waals surface area contributed by atoms with E-state index in [2.05, 4.69) is 0 Å². The van der Waals surface area contributed by atoms with E-state index < -0.39 is 22.6 Å². The van der Waals surface area contributed by atoms with Crippen molar-refractivity contribution in [2.24, 2.45) is 0 Å². The van der Waals surface area contributed by atoms with Crippen LogP contribution in [0.15, 0.2) is 88.4 Å². The second kappa shape index (κ2) is 10.4. The summed E-state index contributed by atoms with van der Waals surface area (Å²) in [7, 11) is 0. The largest absolute Gasteiger partial charge is 0.426 e. The zero-order chi connectivity index (χ0) is 25.9. The fourth-order valence-corrected chi connectivity index (χ4v) is 4.66. The summed E-state index contributed by atoms with van der Waals surface area (Å²) < 4.78 is 44.4. The van der Waals surface area contributed by atoms with Crippen LogP contribution in [0.25, 0.3) is 11.1 Å². The van der Waals surface area contributed by atoms with Gasteiger partial charge in [0.15, 0.2) is 5.78 Å². The lowest BCUT2D eigenvalue weighted by Gasteiger charge is -2.19. The number of carbonyl (C=O) groups is 2. The molecule has 6 nitrogen and oxygen atoms in total. The van der Waals surface area contributed by atoms with Crippen molar-refractivity contribution in [3.8, 4) is 11.1 Å². The number of non-ortho nitro benzene ring substituents is 1. The number of hydrogen-bond donors (Lipinski definition) is 0. The van der Waals surface area contributed by atoms with Crippen LogP contribution in [0.1, 0.15) is 35.2 Å². The Hall–Kier alpha value is -3.92. The number of alkyl halides is 3. The van der Waals surface area contributed by atoms with E-state index in [1.807, 2.05) is 0 Å². The maximum absolute atomic E-state index is 13.1. The number of hydrogen-bond acceptors (Lipinski definition) is 6. The molecular formula is C26H18F3NO5S. The topological polar surface area (TPSA) is 86.5 Å². The third-order valence-corrected chi connectivity index (χ3v) is 6.64. The highest BCUT2D eigenvalue weighted by Crippen LogP contribution is 2.37. The summed E-state index contributed by atoms with van der Waals surface area (Å²) in [5, 5.41) is 10.9. The molecule has 1 aliphatic carbocycles. The lowest BCUT2D eigenvalue weighted by molar-refractivity contribution is -0.384. The molecule has 0 N–H and O–H groups in total. The Morgan fingerprint density at radius 1 is 0.944 bits per heavy atom. The van der Waals surface area contributed by atoms with Gasteiger partial charge in [-0.1, -0.05) is 42.1 Å². The Kier molecular flexibility index (Phi) is 7.25. The van der Waals surface area contributed by atoms with Crippen LogP contribution in [-0.4, -0.2) is 16.7 Å². The number of nitro benzene ring substituents is 1. The van der Waals surface area contributed by atoms with Crippen molar-refractivity contribution in [3.05, 3.63) is 105 Å². The summed E-state index contributed by atoms with van der Waals surface area (Å²) in [4.78, 5) is 36.9. The van der Waals surface area contributed by atoms with Crippen LogP contribution in [0.2, 0.25) is 0 Å². The quantitative estimate of drug-likeness (QED) is 0.197. The van der Waals surface area contributed by atoms with Gasteiger partial charge in [-0.3, -0.25) is 14.9 Å². The standard InChI is InChI=1S/C26H18F3NO5S/c27-26(28,29)17-10-8-16(9-11-17)20-4-1-2-5-21(20)25(32)35-23-7-3-6-22(31)24(23)36-19-14-12-18(13-15-19)30(33)34/h1-2,4-5,8-15H,3,6-7H2. The number of ketones is 1. The van der Waals surface area contributed by atoms with E-state index in [9.17, 15) is 32.9 Å². The first-order valence-electron chi connectivity index (χ1n) is 10.8. The zero-order valence-corrected chi connectivity index (χ0v) is 19.4. The maximum Gasteiger partial charge on any atom is 0.416 e. The number of nitrogens with zero attached hydrogens (tertiary/aromatic N) is 1. The Morgan fingerprint density at radius 3 is 2.25 bits per heavy atom. The Balaban J connectivity index is 1.61. The highest BCUT2D eigenvalue weighted by atomic mass is 32.2. The minimum atomic E-state index is -4.48. The normalized spacial score (nSPS) is 14.0. The fraction of sp³-hybridized carbons (Fsp3) is 0.154. The molecule has 0 saturated carbocycles. The minimum absolute atomic E-state index is 0.0881. The second-order valence-electron chi connectivity index (χ2n) is 7.89. The van der Waals surface area contributed by atoms with Gasteiger partial charge in [0.2, 0.25) is 0 Å². The molecule has 0 bridgehead atoms. The van der Waals surface area contributed by atoms with Gasteiger partial charge < -0.3 is 4.74 Å². The second-order valence-corrected chi connectivity index (χ2v) is 8.98. The van der Waals surface area contributed by atoms with Crippen LogP contribution < -0.4 is 0 Å². The van der Waals surface area contributed by atoms with E-state index in [0.29, 0.717) is 28.9 Å². The Bertz CT molecular complexity index is 1350. The van der Waals surface area contributed by atoms with Gasteiger partial charge in [0.05, 0.1) is 21.0 Å². The van der Waals surface area contributed by atoms with E-state index in [0.717, 1.165) is 23.9 Å². The number of allylic oxidation sites excluding steroid dienone is 2. The van der Waals surface area contributed by atoms with Crippen molar-refractivity contribution in [2.45, 2.75) is 30.3 Å². The van der Waals surface area contributed by atoms with Gasteiger partial charge >= 0.3 is 12.1 Å². The van der Waals surface area contributed by atoms with E-state index >= 15 is 0 Å². The van der Waals surface area contributed by atoms with E-state index in [-0.39, 0.29) is 34.1 Å². The fourth-order valence-electron chi connectivity index (χ4n) is 3.68. The number of Topliss-reactive ketones (excluding diaryl/α,β-unsaturated/α-hetero) is 1. The molecule has 0 saturated heterocycles. The average Bonchev–Trinajstić information content (AvgIpc) is 2.86. The van der Waals surface area contributed by atoms with Crippen molar-refractivity contribution in [2.75, 3.05) is 0 Å². The Labute approximate surface area is 207 Å². The number of ether oxygens (including phenoxy) is 1. The van der Waals surface area contributed by atoms with Crippen LogP contribution in [0.5, 0.6) is 0 Å². The lowest BCUT2D eigenvalue weighted by atomic mass is 9.98. The van der Waals surface area contributed by atoms with Gasteiger partial charge in [-0.25, -0.2) is 4.79 Å². The number of thioether (sulfide) groups is 1. The van der Waals surface area contributed by atoms with Crippen molar-refractivity contribution in [1.82, 2.24) is 0 Å². The molecule has 0 aromatic heterocycles. The van der Waals surface area contributed by atoms with Crippen molar-refractivity contribution >= 4 is 29.2 Å². The molecule has 1 aliphatic rings. The molecule has 0 radical (unpaired) electrons. The summed E-state index contributed by atoms with van der Waals surface area (Å²) in [5.74, 6) is -0.748. The van der Waals surface area contributed by atoms with Crippen LogP contribution in [0, 0.1) is 10.1 Å². The highest BCUT2D eigenvalue weighted by molar-refractivity contribution is 8.04. The first-order valence-corrected chi connectivity index (χ1v) is 11.6. The molecule has 4 rings (SSSR count). The number of esters is 1. The van der Waals surface area contributed by atoms with Crippen LogP contribution in [0.3, 0.4) is 0 Å². The van der Waals surface area contributed by atoms with Crippen molar-refractivity contribution in [1.29, 1.82) is 0 Å². The molecule has 0 unspecified atom stereocenters. The number of rotatable bonds is 6. The van der Waals surface area contributed by atoms with Crippen LogP contribution in [-0.2, 0) is 15.7 Å². The molecule has 0 amide bonds. The molecule has 0 spiro atoms. The van der Waals surface area contributed by atoms with E-state index in [1.165, 1.54) is 42.5 Å². The Morgan fingerprint density at radius 2 is 1.61 bits per heavy atom. The highest BCUT2D eigenvalue weighted by Gasteiger charge is 2.30. The number of nitro groups is 1. The van der Waals surface area contributed by atoms with Gasteiger partial charge in [-0.15, -0.1) is 0 Å². The number of carbonyl (C=O) groups excluding carboxylic acids is 2. The summed E-state index contributed by atoms with van der Waals surface area (Å²) in [6.07, 6.45) is -3.37. The van der Waals surface area contributed by atoms with Crippen LogP contribution in [0.4, 0.5) is 18.9 Å². The summed E-state index contributed by atoms with van der Waals surface area (Å²) in [6.45, 7) is 0. The van der Waals surface area contributed by atoms with Gasteiger partial charge in [0, 0.05) is 29.9 Å². The molecule has 0 atom stereocenters. The van der Waals surface area contributed by atoms with Crippen LogP contribution >= 0.6 is 11.8 Å². The van der Waals surface area contributed by atoms with Gasteiger partial charge in [0.25, 0.3) is 5.69 Å². The molecular weight excluding hydrogens is 495 g/mol. The molecule has 3 aromatic rings. The number of halogens is 3. The molecule has 3 aromatic carbocycles. The molecule has 36 heavy (non-hydrogen) atoms. The predicted molar refractivity (Wildman–Crippen MR) is 127 cm³/mol.